The number of ether oxygens (including phenoxy) is 3. The second-order valence-electron chi connectivity index (χ2n) is 8.92. The van der Waals surface area contributed by atoms with Crippen LogP contribution < -0.4 is 11.2 Å². The topological polar surface area (TPSA) is 115 Å². The predicted octanol–water partition coefficient (Wildman–Crippen LogP) is 4.02. The van der Waals surface area contributed by atoms with Crippen molar-refractivity contribution in [3.05, 3.63) is 69.0 Å². The average Bonchev–Trinajstić information content (AvgIpc) is 3.30. The molecule has 1 aliphatic rings. The van der Waals surface area contributed by atoms with E-state index < -0.39 is 43.0 Å². The minimum absolute atomic E-state index is 0.183. The van der Waals surface area contributed by atoms with Crippen molar-refractivity contribution in [2.45, 2.75) is 71.6 Å². The molecular formula is C26H37N2O8P. The van der Waals surface area contributed by atoms with Gasteiger partial charge >= 0.3 is 11.7 Å². The molecule has 204 valence electrons. The third-order valence-electron chi connectivity index (χ3n) is 6.28. The maximum atomic E-state index is 13.3. The Labute approximate surface area is 216 Å². The van der Waals surface area contributed by atoms with E-state index in [9.17, 15) is 18.9 Å². The summed E-state index contributed by atoms with van der Waals surface area (Å²) < 4.78 is 38.2. The highest BCUT2D eigenvalue weighted by Crippen LogP contribution is 2.48. The molecule has 0 amide bonds. The summed E-state index contributed by atoms with van der Waals surface area (Å²) in [6.07, 6.45) is 2.34. The monoisotopic (exact) mass is 536 g/mol. The first kappa shape index (κ1) is 29.0. The van der Waals surface area contributed by atoms with Crippen LogP contribution in [-0.4, -0.2) is 52.8 Å². The fourth-order valence-corrected chi connectivity index (χ4v) is 5.95. The van der Waals surface area contributed by atoms with Crippen LogP contribution in [0, 0.1) is 0 Å². The molecule has 2 heterocycles. The lowest BCUT2D eigenvalue weighted by Crippen LogP contribution is -2.43. The Morgan fingerprint density at radius 1 is 1.14 bits per heavy atom. The van der Waals surface area contributed by atoms with E-state index in [0.717, 1.165) is 17.4 Å². The van der Waals surface area contributed by atoms with Gasteiger partial charge in [-0.15, -0.1) is 0 Å². The number of hydrogen-bond donors (Lipinski definition) is 0. The number of unbranched alkanes of at least 4 members (excludes halogenated alkanes) is 1. The molecule has 0 bridgehead atoms. The molecule has 0 N–H and O–H groups in total. The van der Waals surface area contributed by atoms with Gasteiger partial charge in [0.25, 0.3) is 5.56 Å². The lowest BCUT2D eigenvalue weighted by atomic mass is 10.1. The zero-order valence-electron chi connectivity index (χ0n) is 21.7. The number of carbonyl (C=O) groups excluding carboxylic acids is 1. The normalized spacial score (nSPS) is 21.0. The SMILES string of the molecule is CCCCOCn1c(=O)ccn([C@@H]2O[C@H](CCP(=O)(CC)OCC)C[C@@H]2OC(=O)c2ccccc2)c1=O. The van der Waals surface area contributed by atoms with Gasteiger partial charge in [-0.25, -0.2) is 14.2 Å². The summed E-state index contributed by atoms with van der Waals surface area (Å²) in [5.41, 5.74) is -0.743. The van der Waals surface area contributed by atoms with Gasteiger partial charge in [0.05, 0.1) is 18.3 Å². The zero-order valence-corrected chi connectivity index (χ0v) is 22.6. The average molecular weight is 537 g/mol. The number of hydrogen-bond acceptors (Lipinski definition) is 8. The van der Waals surface area contributed by atoms with Gasteiger partial charge in [-0.3, -0.25) is 13.9 Å². The summed E-state index contributed by atoms with van der Waals surface area (Å²) in [5, 5.41) is 0. The fourth-order valence-electron chi connectivity index (χ4n) is 4.17. The molecule has 3 rings (SSSR count). The van der Waals surface area contributed by atoms with E-state index in [2.05, 4.69) is 0 Å². The van der Waals surface area contributed by atoms with Crippen molar-refractivity contribution in [3.8, 4) is 0 Å². The van der Waals surface area contributed by atoms with E-state index in [0.29, 0.717) is 43.9 Å². The van der Waals surface area contributed by atoms with Gasteiger partial charge in [-0.1, -0.05) is 38.5 Å². The molecule has 37 heavy (non-hydrogen) atoms. The number of rotatable bonds is 14. The van der Waals surface area contributed by atoms with Crippen molar-refractivity contribution in [1.82, 2.24) is 9.13 Å². The summed E-state index contributed by atoms with van der Waals surface area (Å²) >= 11 is 0. The van der Waals surface area contributed by atoms with Crippen LogP contribution in [0.15, 0.2) is 52.2 Å². The summed E-state index contributed by atoms with van der Waals surface area (Å²) in [6.45, 7) is 6.24. The van der Waals surface area contributed by atoms with Crippen LogP contribution in [0.5, 0.6) is 0 Å². The molecule has 1 unspecified atom stereocenters. The number of nitrogens with zero attached hydrogens (tertiary/aromatic N) is 2. The van der Waals surface area contributed by atoms with Crippen molar-refractivity contribution in [3.63, 3.8) is 0 Å². The molecule has 10 nitrogen and oxygen atoms in total. The lowest BCUT2D eigenvalue weighted by molar-refractivity contribution is -0.0524. The first-order chi connectivity index (χ1) is 17.8. The zero-order chi connectivity index (χ0) is 26.8. The molecule has 4 atom stereocenters. The lowest BCUT2D eigenvalue weighted by Gasteiger charge is -2.22. The Kier molecular flexibility index (Phi) is 10.9. The Balaban J connectivity index is 1.85. The van der Waals surface area contributed by atoms with Crippen LogP contribution in [0.1, 0.15) is 63.0 Å². The van der Waals surface area contributed by atoms with Crippen LogP contribution >= 0.6 is 7.37 Å². The molecule has 0 saturated carbocycles. The first-order valence-corrected chi connectivity index (χ1v) is 14.8. The third kappa shape index (κ3) is 7.74. The third-order valence-corrected chi connectivity index (χ3v) is 8.92. The standard InChI is InChI=1S/C26H37N2O8P/c1-4-7-16-33-19-28-23(29)13-15-27(26(28)31)24-22(36-25(30)20-11-9-8-10-12-20)18-21(35-24)14-17-37(32,6-3)34-5-2/h8-13,15,21-22,24H,4-7,14,16-19H2,1-3H3/t21-,22+,24-,37?/m1/s1. The maximum Gasteiger partial charge on any atom is 0.338 e. The predicted molar refractivity (Wildman–Crippen MR) is 139 cm³/mol. The van der Waals surface area contributed by atoms with Crippen LogP contribution in [0.4, 0.5) is 0 Å². The van der Waals surface area contributed by atoms with Crippen LogP contribution in [0.25, 0.3) is 0 Å². The molecule has 1 aromatic heterocycles. The Bertz CT molecular complexity index is 1180. The van der Waals surface area contributed by atoms with Gasteiger partial charge in [0.2, 0.25) is 7.37 Å². The second-order valence-corrected chi connectivity index (χ2v) is 11.9. The smallest absolute Gasteiger partial charge is 0.338 e. The molecule has 1 aliphatic heterocycles. The van der Waals surface area contributed by atoms with Gasteiger partial charge in [-0.2, -0.15) is 0 Å². The Morgan fingerprint density at radius 3 is 2.57 bits per heavy atom. The van der Waals surface area contributed by atoms with Gasteiger partial charge in [0, 0.05) is 37.6 Å². The number of aromatic nitrogens is 2. The largest absolute Gasteiger partial charge is 0.454 e. The fraction of sp³-hybridized carbons (Fsp3) is 0.577. The van der Waals surface area contributed by atoms with Crippen molar-refractivity contribution in [2.24, 2.45) is 0 Å². The Morgan fingerprint density at radius 2 is 1.89 bits per heavy atom. The number of carbonyl (C=O) groups is 1. The first-order valence-electron chi connectivity index (χ1n) is 12.9. The van der Waals surface area contributed by atoms with E-state index in [4.69, 9.17) is 18.7 Å². The van der Waals surface area contributed by atoms with Gasteiger partial charge in [0.15, 0.2) is 6.23 Å². The highest BCUT2D eigenvalue weighted by Gasteiger charge is 2.41. The molecule has 0 aliphatic carbocycles. The van der Waals surface area contributed by atoms with Crippen LogP contribution in [-0.2, 0) is 30.0 Å². The van der Waals surface area contributed by atoms with Crippen molar-refractivity contribution < 1.29 is 28.1 Å². The maximum absolute atomic E-state index is 13.3. The highest BCUT2D eigenvalue weighted by atomic mass is 31.2. The van der Waals surface area contributed by atoms with Crippen molar-refractivity contribution >= 4 is 13.3 Å². The van der Waals surface area contributed by atoms with Crippen molar-refractivity contribution in [1.29, 1.82) is 0 Å². The minimum atomic E-state index is -2.80. The van der Waals surface area contributed by atoms with Gasteiger partial charge < -0.3 is 18.7 Å². The Hall–Kier alpha value is -2.52. The second kappa shape index (κ2) is 13.9. The van der Waals surface area contributed by atoms with E-state index in [1.807, 2.05) is 13.8 Å². The minimum Gasteiger partial charge on any atom is -0.454 e. The number of benzene rings is 1. The molecule has 11 heteroatoms. The molecule has 2 aromatic rings. The van der Waals surface area contributed by atoms with E-state index >= 15 is 0 Å². The van der Waals surface area contributed by atoms with E-state index in [1.165, 1.54) is 16.8 Å². The molecular weight excluding hydrogens is 499 g/mol. The summed E-state index contributed by atoms with van der Waals surface area (Å²) in [4.78, 5) is 38.5. The summed E-state index contributed by atoms with van der Waals surface area (Å²) in [6, 6.07) is 9.81. The van der Waals surface area contributed by atoms with Crippen LogP contribution in [0.2, 0.25) is 0 Å². The van der Waals surface area contributed by atoms with Crippen LogP contribution in [0.3, 0.4) is 0 Å². The molecule has 1 aromatic carbocycles. The van der Waals surface area contributed by atoms with Gasteiger partial charge in [-0.05, 0) is 31.9 Å². The molecule has 1 fully saturated rings. The molecule has 1 saturated heterocycles. The number of esters is 1. The van der Waals surface area contributed by atoms with Gasteiger partial charge in [0.1, 0.15) is 12.8 Å². The summed E-state index contributed by atoms with van der Waals surface area (Å²) in [7, 11) is -2.80. The summed E-state index contributed by atoms with van der Waals surface area (Å²) in [5.74, 6) is -0.544. The quantitative estimate of drug-likeness (QED) is 0.202. The highest BCUT2D eigenvalue weighted by molar-refractivity contribution is 7.58. The van der Waals surface area contributed by atoms with E-state index in [-0.39, 0.29) is 6.73 Å². The molecule has 0 radical (unpaired) electrons. The van der Waals surface area contributed by atoms with E-state index in [1.54, 1.807) is 37.3 Å². The molecule has 0 spiro atoms. The van der Waals surface area contributed by atoms with Crippen molar-refractivity contribution in [2.75, 3.05) is 25.5 Å².